The maximum atomic E-state index is 12.7. The minimum absolute atomic E-state index is 0.00719. The number of hydrogen-bond acceptors (Lipinski definition) is 3. The fourth-order valence-corrected chi connectivity index (χ4v) is 2.52. The molecule has 1 aromatic carbocycles. The number of benzene rings is 1. The van der Waals surface area contributed by atoms with Gasteiger partial charge in [-0.1, -0.05) is 36.7 Å². The van der Waals surface area contributed by atoms with E-state index >= 15 is 0 Å². The van der Waals surface area contributed by atoms with Crippen LogP contribution in [-0.2, 0) is 17.9 Å². The third-order valence-electron chi connectivity index (χ3n) is 3.94. The van der Waals surface area contributed by atoms with Gasteiger partial charge in [-0.05, 0) is 25.0 Å². The Balaban J connectivity index is 2.24. The normalized spacial score (nSPS) is 12.0. The van der Waals surface area contributed by atoms with E-state index in [1.165, 1.54) is 16.8 Å². The Hall–Kier alpha value is -2.34. The maximum absolute atomic E-state index is 12.7. The Morgan fingerprint density at radius 3 is 2.62 bits per heavy atom. The molecule has 1 heterocycles. The summed E-state index contributed by atoms with van der Waals surface area (Å²) >= 11 is 6.19. The molecule has 2 aromatic rings. The Labute approximate surface area is 144 Å². The van der Waals surface area contributed by atoms with Crippen LogP contribution in [0, 0.1) is 0 Å². The van der Waals surface area contributed by atoms with Crippen molar-refractivity contribution < 1.29 is 4.79 Å². The number of amides is 1. The van der Waals surface area contributed by atoms with E-state index in [1.54, 1.807) is 11.0 Å². The summed E-state index contributed by atoms with van der Waals surface area (Å²) < 4.78 is 1.19. The van der Waals surface area contributed by atoms with Crippen molar-refractivity contribution in [2.75, 3.05) is 0 Å². The van der Waals surface area contributed by atoms with Gasteiger partial charge in [0.05, 0.1) is 0 Å². The first-order chi connectivity index (χ1) is 11.4. The van der Waals surface area contributed by atoms with Crippen LogP contribution in [0.4, 0.5) is 0 Å². The molecular weight excluding hydrogens is 330 g/mol. The summed E-state index contributed by atoms with van der Waals surface area (Å²) in [5.74, 6) is -0.210. The van der Waals surface area contributed by atoms with Gasteiger partial charge in [-0.3, -0.25) is 19.1 Å². The Morgan fingerprint density at radius 1 is 1.29 bits per heavy atom. The molecule has 0 saturated carbocycles. The molecule has 2 rings (SSSR count). The molecule has 1 unspecified atom stereocenters. The molecule has 0 radical (unpaired) electrons. The number of H-pyrrole nitrogens is 1. The molecule has 0 fully saturated rings. The van der Waals surface area contributed by atoms with Gasteiger partial charge in [-0.25, -0.2) is 4.79 Å². The second kappa shape index (κ2) is 7.97. The maximum Gasteiger partial charge on any atom is 0.328 e. The van der Waals surface area contributed by atoms with Crippen molar-refractivity contribution in [3.63, 3.8) is 0 Å². The van der Waals surface area contributed by atoms with Crippen LogP contribution in [0.5, 0.6) is 0 Å². The average Bonchev–Trinajstić information content (AvgIpc) is 2.56. The lowest BCUT2D eigenvalue weighted by Gasteiger charge is -2.29. The number of halogens is 1. The molecule has 0 aliphatic carbocycles. The standard InChI is InChI=1S/C17H20ClN3O3/c1-3-12(2)21(10-13-6-4-5-7-14(13)18)16(23)11-20-9-8-15(22)19-17(20)24/h4-9,12H,3,10-11H2,1-2H3,(H,19,22,24). The van der Waals surface area contributed by atoms with Gasteiger partial charge in [0.25, 0.3) is 5.56 Å². The minimum atomic E-state index is -0.599. The second-order valence-corrected chi connectivity index (χ2v) is 6.02. The predicted octanol–water partition coefficient (Wildman–Crippen LogP) is 2.02. The van der Waals surface area contributed by atoms with E-state index in [9.17, 15) is 14.4 Å². The molecule has 0 saturated heterocycles. The van der Waals surface area contributed by atoms with Crippen molar-refractivity contribution in [2.45, 2.75) is 39.4 Å². The summed E-state index contributed by atoms with van der Waals surface area (Å²) in [5.41, 5.74) is -0.238. The topological polar surface area (TPSA) is 75.2 Å². The summed E-state index contributed by atoms with van der Waals surface area (Å²) in [7, 11) is 0. The van der Waals surface area contributed by atoms with Gasteiger partial charge in [0.1, 0.15) is 6.54 Å². The highest BCUT2D eigenvalue weighted by Gasteiger charge is 2.20. The van der Waals surface area contributed by atoms with Gasteiger partial charge < -0.3 is 4.90 Å². The molecule has 0 aliphatic rings. The molecule has 1 aromatic heterocycles. The average molecular weight is 350 g/mol. The Bertz CT molecular complexity index is 828. The number of nitrogens with one attached hydrogen (secondary N) is 1. The van der Waals surface area contributed by atoms with Crippen molar-refractivity contribution in [1.29, 1.82) is 0 Å². The van der Waals surface area contributed by atoms with Gasteiger partial charge in [-0.2, -0.15) is 0 Å². The molecule has 1 N–H and O–H groups in total. The van der Waals surface area contributed by atoms with Crippen LogP contribution in [0.2, 0.25) is 5.02 Å². The number of hydrogen-bond donors (Lipinski definition) is 1. The molecule has 0 aliphatic heterocycles. The minimum Gasteiger partial charge on any atom is -0.334 e. The van der Waals surface area contributed by atoms with Crippen molar-refractivity contribution in [1.82, 2.24) is 14.5 Å². The Kier molecular flexibility index (Phi) is 5.98. The number of nitrogens with zero attached hydrogens (tertiary/aromatic N) is 2. The van der Waals surface area contributed by atoms with E-state index in [0.717, 1.165) is 12.0 Å². The molecule has 128 valence electrons. The summed E-state index contributed by atoms with van der Waals surface area (Å²) in [5, 5.41) is 0.597. The van der Waals surface area contributed by atoms with Crippen molar-refractivity contribution >= 4 is 17.5 Å². The van der Waals surface area contributed by atoms with E-state index < -0.39 is 11.2 Å². The van der Waals surface area contributed by atoms with Crippen molar-refractivity contribution in [3.05, 3.63) is 68.0 Å². The van der Waals surface area contributed by atoms with E-state index in [0.29, 0.717) is 11.6 Å². The lowest BCUT2D eigenvalue weighted by atomic mass is 10.1. The van der Waals surface area contributed by atoms with E-state index in [1.807, 2.05) is 32.0 Å². The van der Waals surface area contributed by atoms with Crippen LogP contribution in [-0.4, -0.2) is 26.4 Å². The molecule has 1 amide bonds. The lowest BCUT2D eigenvalue weighted by molar-refractivity contribution is -0.134. The van der Waals surface area contributed by atoms with Gasteiger partial charge in [-0.15, -0.1) is 0 Å². The summed E-state index contributed by atoms with van der Waals surface area (Å²) in [6, 6.07) is 8.57. The highest BCUT2D eigenvalue weighted by Crippen LogP contribution is 2.19. The smallest absolute Gasteiger partial charge is 0.328 e. The SMILES string of the molecule is CCC(C)N(Cc1ccccc1Cl)C(=O)Cn1ccc(=O)[nH]c1=O. The first-order valence-electron chi connectivity index (χ1n) is 7.75. The van der Waals surface area contributed by atoms with Crippen molar-refractivity contribution in [3.8, 4) is 0 Å². The van der Waals surface area contributed by atoms with E-state index in [2.05, 4.69) is 4.98 Å². The van der Waals surface area contributed by atoms with Crippen molar-refractivity contribution in [2.24, 2.45) is 0 Å². The van der Waals surface area contributed by atoms with Gasteiger partial charge in [0.15, 0.2) is 0 Å². The largest absolute Gasteiger partial charge is 0.334 e. The van der Waals surface area contributed by atoms with Crippen LogP contribution in [0.3, 0.4) is 0 Å². The number of carbonyl (C=O) groups is 1. The fraction of sp³-hybridized carbons (Fsp3) is 0.353. The zero-order valence-corrected chi connectivity index (χ0v) is 14.4. The molecule has 0 spiro atoms. The number of rotatable bonds is 6. The highest BCUT2D eigenvalue weighted by molar-refractivity contribution is 6.31. The van der Waals surface area contributed by atoms with Gasteiger partial charge in [0.2, 0.25) is 5.91 Å². The number of aromatic nitrogens is 2. The molecule has 1 atom stereocenters. The van der Waals surface area contributed by atoms with Gasteiger partial charge in [0, 0.05) is 29.9 Å². The summed E-state index contributed by atoms with van der Waals surface area (Å²) in [6.45, 7) is 4.17. The molecule has 6 nitrogen and oxygen atoms in total. The Morgan fingerprint density at radius 2 is 2.00 bits per heavy atom. The third-order valence-corrected chi connectivity index (χ3v) is 4.31. The number of aromatic amines is 1. The fourth-order valence-electron chi connectivity index (χ4n) is 2.33. The van der Waals surface area contributed by atoms with Crippen LogP contribution >= 0.6 is 11.6 Å². The second-order valence-electron chi connectivity index (χ2n) is 5.61. The molecule has 7 heteroatoms. The lowest BCUT2D eigenvalue weighted by Crippen LogP contribution is -2.42. The molecular formula is C17H20ClN3O3. The van der Waals surface area contributed by atoms with Crippen LogP contribution < -0.4 is 11.2 Å². The van der Waals surface area contributed by atoms with E-state index in [-0.39, 0.29) is 18.5 Å². The summed E-state index contributed by atoms with van der Waals surface area (Å²) in [4.78, 5) is 39.4. The highest BCUT2D eigenvalue weighted by atomic mass is 35.5. The molecule has 24 heavy (non-hydrogen) atoms. The summed E-state index contributed by atoms with van der Waals surface area (Å²) in [6.07, 6.45) is 2.10. The van der Waals surface area contributed by atoms with Crippen LogP contribution in [0.15, 0.2) is 46.1 Å². The quantitative estimate of drug-likeness (QED) is 0.866. The predicted molar refractivity (Wildman–Crippen MR) is 93.1 cm³/mol. The van der Waals surface area contributed by atoms with Crippen LogP contribution in [0.25, 0.3) is 0 Å². The zero-order valence-electron chi connectivity index (χ0n) is 13.7. The van der Waals surface area contributed by atoms with Gasteiger partial charge >= 0.3 is 5.69 Å². The first-order valence-corrected chi connectivity index (χ1v) is 8.12. The monoisotopic (exact) mass is 349 g/mol. The zero-order chi connectivity index (χ0) is 17.7. The molecule has 0 bridgehead atoms. The third kappa shape index (κ3) is 4.35. The number of carbonyl (C=O) groups excluding carboxylic acids is 1. The first kappa shape index (κ1) is 18.0. The van der Waals surface area contributed by atoms with Crippen LogP contribution in [0.1, 0.15) is 25.8 Å². The van der Waals surface area contributed by atoms with E-state index in [4.69, 9.17) is 11.6 Å².